The largest absolute Gasteiger partial charge is 0.392 e. The summed E-state index contributed by atoms with van der Waals surface area (Å²) in [6, 6.07) is 12.3. The maximum absolute atomic E-state index is 12.7. The van der Waals surface area contributed by atoms with Gasteiger partial charge in [-0.25, -0.2) is 0 Å². The fourth-order valence-electron chi connectivity index (χ4n) is 3.72. The van der Waals surface area contributed by atoms with Gasteiger partial charge in [-0.2, -0.15) is 0 Å². The van der Waals surface area contributed by atoms with E-state index >= 15 is 0 Å². The molecule has 148 valence electrons. The minimum Gasteiger partial charge on any atom is -0.392 e. The molecule has 2 aromatic carbocycles. The van der Waals surface area contributed by atoms with E-state index in [9.17, 15) is 24.2 Å². The highest BCUT2D eigenvalue weighted by Gasteiger charge is 2.32. The fraction of sp³-hybridized carbons (Fsp3) is 0.333. The molecule has 3 atom stereocenters. The number of piperidine rings is 1. The number of aliphatic hydroxyl groups excluding tert-OH is 2. The molecule has 7 heteroatoms. The minimum atomic E-state index is -0.730. The second-order valence-electron chi connectivity index (χ2n) is 6.78. The normalized spacial score (nSPS) is 22.6. The minimum absolute atomic E-state index is 0.139. The van der Waals surface area contributed by atoms with E-state index in [-0.39, 0.29) is 30.7 Å². The molecular weight excluding hydrogens is 363 g/mol. The highest BCUT2D eigenvalue weighted by Crippen LogP contribution is 2.37. The number of β-amino-alcohol motifs (C(OH)–C–C–N with tert-alkyl or cyclic N) is 1. The van der Waals surface area contributed by atoms with E-state index in [4.69, 9.17) is 0 Å². The van der Waals surface area contributed by atoms with Crippen LogP contribution in [0.25, 0.3) is 11.1 Å². The first-order chi connectivity index (χ1) is 13.6. The van der Waals surface area contributed by atoms with Crippen molar-refractivity contribution in [1.29, 1.82) is 0 Å². The van der Waals surface area contributed by atoms with Crippen LogP contribution in [0.1, 0.15) is 32.7 Å². The molecule has 1 heterocycles. The molecule has 6 nitrogen and oxygen atoms in total. The molecular formula is C21H23FN2O4. The maximum Gasteiger partial charge on any atom is 0.252 e. The molecule has 28 heavy (non-hydrogen) atoms. The molecule has 1 saturated heterocycles. The van der Waals surface area contributed by atoms with E-state index in [1.165, 1.54) is 0 Å². The highest BCUT2D eigenvalue weighted by atomic mass is 19.1. The van der Waals surface area contributed by atoms with E-state index in [0.717, 1.165) is 11.1 Å². The summed E-state index contributed by atoms with van der Waals surface area (Å²) in [6.07, 6.45) is -1.03. The molecule has 0 radical (unpaired) electrons. The van der Waals surface area contributed by atoms with Gasteiger partial charge in [0.05, 0.1) is 31.0 Å². The number of fused-ring (bicyclic) bond motifs is 3. The Morgan fingerprint density at radius 2 is 1.79 bits per heavy atom. The van der Waals surface area contributed by atoms with Crippen molar-refractivity contribution in [3.05, 3.63) is 59.2 Å². The monoisotopic (exact) mass is 386 g/mol. The Kier molecular flexibility index (Phi) is 6.18. The molecule has 4 rings (SSSR count). The predicted molar refractivity (Wildman–Crippen MR) is 103 cm³/mol. The van der Waals surface area contributed by atoms with Crippen molar-refractivity contribution in [3.8, 4) is 11.1 Å². The zero-order chi connectivity index (χ0) is 20.3. The van der Waals surface area contributed by atoms with E-state index < -0.39 is 12.2 Å². The van der Waals surface area contributed by atoms with Crippen LogP contribution >= 0.6 is 0 Å². The molecule has 1 aliphatic heterocycles. The van der Waals surface area contributed by atoms with Gasteiger partial charge in [0.25, 0.3) is 5.91 Å². The summed E-state index contributed by atoms with van der Waals surface area (Å²) in [5.41, 5.74) is 3.01. The molecule has 1 amide bonds. The summed E-state index contributed by atoms with van der Waals surface area (Å²) in [6.45, 7) is 0.601. The lowest BCUT2D eigenvalue weighted by Gasteiger charge is -2.32. The molecule has 2 unspecified atom stereocenters. The van der Waals surface area contributed by atoms with Crippen LogP contribution in [-0.4, -0.2) is 60.4 Å². The SMILES string of the molecule is CF.O=C(NCC1NC[C@@H](O)CC1O)c1cccc2c1C(=O)c1ccccc1-2. The van der Waals surface area contributed by atoms with Crippen LogP contribution in [0.5, 0.6) is 0 Å². The fourth-order valence-corrected chi connectivity index (χ4v) is 3.72. The van der Waals surface area contributed by atoms with Crippen molar-refractivity contribution < 1.29 is 24.2 Å². The molecule has 0 aromatic heterocycles. The number of nitrogens with one attached hydrogen (secondary N) is 2. The Morgan fingerprint density at radius 1 is 1.11 bits per heavy atom. The zero-order valence-corrected chi connectivity index (χ0v) is 15.5. The van der Waals surface area contributed by atoms with Gasteiger partial charge in [0.15, 0.2) is 5.78 Å². The number of amides is 1. The number of rotatable bonds is 3. The smallest absolute Gasteiger partial charge is 0.252 e. The predicted octanol–water partition coefficient (Wildman–Crippen LogP) is 1.30. The third-order valence-corrected chi connectivity index (χ3v) is 5.07. The van der Waals surface area contributed by atoms with Gasteiger partial charge in [-0.15, -0.1) is 0 Å². The first-order valence-electron chi connectivity index (χ1n) is 9.09. The summed E-state index contributed by atoms with van der Waals surface area (Å²) in [5, 5.41) is 25.4. The third kappa shape index (κ3) is 3.69. The second kappa shape index (κ2) is 8.60. The van der Waals surface area contributed by atoms with E-state index in [2.05, 4.69) is 10.6 Å². The number of halogens is 1. The van der Waals surface area contributed by atoms with Crippen LogP contribution in [0, 0.1) is 0 Å². The van der Waals surface area contributed by atoms with Crippen LogP contribution in [0.15, 0.2) is 42.5 Å². The van der Waals surface area contributed by atoms with E-state index in [1.807, 2.05) is 24.3 Å². The number of benzene rings is 2. The zero-order valence-electron chi connectivity index (χ0n) is 15.5. The molecule has 0 spiro atoms. The van der Waals surface area contributed by atoms with Crippen molar-refractivity contribution in [3.63, 3.8) is 0 Å². The first kappa shape index (κ1) is 20.1. The molecule has 2 aromatic rings. The summed E-state index contributed by atoms with van der Waals surface area (Å²) in [4.78, 5) is 25.4. The number of hydrogen-bond acceptors (Lipinski definition) is 5. The Labute approximate surface area is 162 Å². The van der Waals surface area contributed by atoms with Gasteiger partial charge in [0, 0.05) is 30.6 Å². The molecule has 1 fully saturated rings. The van der Waals surface area contributed by atoms with Gasteiger partial charge in [-0.05, 0) is 17.2 Å². The molecule has 2 aliphatic rings. The van der Waals surface area contributed by atoms with Crippen molar-refractivity contribution >= 4 is 11.7 Å². The van der Waals surface area contributed by atoms with Crippen molar-refractivity contribution in [1.82, 2.24) is 10.6 Å². The standard InChI is InChI=1S/C20H20N2O4.CH3F/c23-11-8-17(24)16(21-9-11)10-22-20(26)15-7-3-6-13-12-4-1-2-5-14(12)19(25)18(13)15;1-2/h1-7,11,16-17,21,23-24H,8-10H2,(H,22,26);1H3/t11-,16?,17?;/m0./s1. The number of aliphatic hydroxyl groups is 2. The number of ketones is 1. The number of hydrogen-bond donors (Lipinski definition) is 4. The Bertz CT molecular complexity index is 886. The van der Waals surface area contributed by atoms with Crippen LogP contribution in [0.3, 0.4) is 0 Å². The van der Waals surface area contributed by atoms with Gasteiger partial charge in [0.1, 0.15) is 0 Å². The lowest BCUT2D eigenvalue weighted by atomic mass is 9.98. The van der Waals surface area contributed by atoms with Crippen molar-refractivity contribution in [2.24, 2.45) is 0 Å². The number of carbonyl (C=O) groups excluding carboxylic acids is 2. The van der Waals surface area contributed by atoms with Crippen molar-refractivity contribution in [2.75, 3.05) is 20.3 Å². The summed E-state index contributed by atoms with van der Waals surface area (Å²) < 4.78 is 9.50. The third-order valence-electron chi connectivity index (χ3n) is 5.07. The van der Waals surface area contributed by atoms with Gasteiger partial charge in [0.2, 0.25) is 0 Å². The number of alkyl halides is 1. The van der Waals surface area contributed by atoms with Crippen LogP contribution in [0.2, 0.25) is 0 Å². The molecule has 0 bridgehead atoms. The van der Waals surface area contributed by atoms with Crippen LogP contribution in [0.4, 0.5) is 4.39 Å². The van der Waals surface area contributed by atoms with E-state index in [0.29, 0.717) is 30.4 Å². The first-order valence-corrected chi connectivity index (χ1v) is 9.09. The lowest BCUT2D eigenvalue weighted by molar-refractivity contribution is 0.0232. The van der Waals surface area contributed by atoms with Gasteiger partial charge >= 0.3 is 0 Å². The molecule has 0 saturated carbocycles. The molecule has 1 aliphatic carbocycles. The summed E-state index contributed by atoms with van der Waals surface area (Å²) in [7, 11) is 0.500. The average Bonchev–Trinajstić information content (AvgIpc) is 3.01. The quantitative estimate of drug-likeness (QED) is 0.544. The van der Waals surface area contributed by atoms with Crippen molar-refractivity contribution in [2.45, 2.75) is 24.7 Å². The van der Waals surface area contributed by atoms with Crippen LogP contribution < -0.4 is 10.6 Å². The average molecular weight is 386 g/mol. The second-order valence-corrected chi connectivity index (χ2v) is 6.78. The Morgan fingerprint density at radius 3 is 2.50 bits per heavy atom. The number of carbonyl (C=O) groups is 2. The van der Waals surface area contributed by atoms with Gasteiger partial charge in [-0.1, -0.05) is 36.4 Å². The molecule has 4 N–H and O–H groups in total. The van der Waals surface area contributed by atoms with Gasteiger partial charge in [-0.3, -0.25) is 14.0 Å². The topological polar surface area (TPSA) is 98.7 Å². The summed E-state index contributed by atoms with van der Waals surface area (Å²) in [5.74, 6) is -0.483. The van der Waals surface area contributed by atoms with Crippen LogP contribution in [-0.2, 0) is 0 Å². The highest BCUT2D eigenvalue weighted by molar-refractivity contribution is 6.25. The maximum atomic E-state index is 12.7. The van der Waals surface area contributed by atoms with E-state index in [1.54, 1.807) is 18.2 Å². The summed E-state index contributed by atoms with van der Waals surface area (Å²) >= 11 is 0. The Balaban J connectivity index is 0.00000109. The van der Waals surface area contributed by atoms with Gasteiger partial charge < -0.3 is 20.8 Å². The Hall–Kier alpha value is -2.61. The lowest BCUT2D eigenvalue weighted by Crippen LogP contribution is -2.55.